The van der Waals surface area contributed by atoms with Crippen LogP contribution in [0.5, 0.6) is 0 Å². The molecule has 3 heterocycles. The maximum atomic E-state index is 13.8. The first-order valence-corrected chi connectivity index (χ1v) is 9.98. The minimum atomic E-state index is -0.0924. The van der Waals surface area contributed by atoms with Crippen LogP contribution in [0.4, 0.5) is 4.39 Å². The largest absolute Gasteiger partial charge is 0.303 e. The fourth-order valence-electron chi connectivity index (χ4n) is 4.07. The van der Waals surface area contributed by atoms with Gasteiger partial charge in [-0.1, -0.05) is 18.2 Å². The van der Waals surface area contributed by atoms with E-state index in [1.54, 1.807) is 22.8 Å². The Morgan fingerprint density at radius 1 is 1.25 bits per heavy atom. The number of halogens is 1. The van der Waals surface area contributed by atoms with Gasteiger partial charge in [0.25, 0.3) is 5.78 Å². The molecule has 0 bridgehead atoms. The van der Waals surface area contributed by atoms with Gasteiger partial charge in [0.15, 0.2) is 5.82 Å². The summed E-state index contributed by atoms with van der Waals surface area (Å²) in [6, 6.07) is 8.95. The smallest absolute Gasteiger partial charge is 0.252 e. The lowest BCUT2D eigenvalue weighted by molar-refractivity contribution is 0.141. The Morgan fingerprint density at radius 2 is 2.14 bits per heavy atom. The Labute approximate surface area is 165 Å². The number of aromatic nitrogens is 4. The van der Waals surface area contributed by atoms with E-state index >= 15 is 0 Å². The summed E-state index contributed by atoms with van der Waals surface area (Å²) in [6.07, 6.45) is 6.81. The molecule has 4 rings (SSSR count). The zero-order valence-corrected chi connectivity index (χ0v) is 16.3. The number of fused-ring (bicyclic) bond motifs is 1. The maximum Gasteiger partial charge on any atom is 0.252 e. The van der Waals surface area contributed by atoms with Gasteiger partial charge in [-0.3, -0.25) is 4.90 Å². The summed E-state index contributed by atoms with van der Waals surface area (Å²) in [5.41, 5.74) is 0.813. The number of rotatable bonds is 7. The van der Waals surface area contributed by atoms with Crippen molar-refractivity contribution in [2.24, 2.45) is 5.92 Å². The highest BCUT2D eigenvalue weighted by Gasteiger charge is 2.21. The van der Waals surface area contributed by atoms with Crippen molar-refractivity contribution >= 4 is 5.78 Å². The molecule has 0 radical (unpaired) electrons. The number of hydrogen-bond donors (Lipinski definition) is 0. The number of benzene rings is 1. The van der Waals surface area contributed by atoms with Crippen molar-refractivity contribution in [2.45, 2.75) is 25.8 Å². The van der Waals surface area contributed by atoms with Gasteiger partial charge < -0.3 is 4.90 Å². The Morgan fingerprint density at radius 3 is 3.00 bits per heavy atom. The molecule has 6 nitrogen and oxygen atoms in total. The highest BCUT2D eigenvalue weighted by atomic mass is 19.1. The molecular weight excluding hydrogens is 355 g/mol. The zero-order chi connectivity index (χ0) is 19.3. The third-order valence-corrected chi connectivity index (χ3v) is 5.40. The molecule has 148 valence electrons. The van der Waals surface area contributed by atoms with Crippen LogP contribution in [0.25, 0.3) is 5.78 Å². The fourth-order valence-corrected chi connectivity index (χ4v) is 4.07. The third kappa shape index (κ3) is 4.72. The van der Waals surface area contributed by atoms with Crippen LogP contribution in [0.2, 0.25) is 0 Å². The summed E-state index contributed by atoms with van der Waals surface area (Å²) >= 11 is 0. The Balaban J connectivity index is 1.27. The molecule has 3 aromatic rings. The molecule has 28 heavy (non-hydrogen) atoms. The summed E-state index contributed by atoms with van der Waals surface area (Å²) in [4.78, 5) is 13.5. The number of likely N-dealkylation sites (tertiary alicyclic amines) is 1. The zero-order valence-electron chi connectivity index (χ0n) is 16.3. The first-order valence-electron chi connectivity index (χ1n) is 9.98. The second kappa shape index (κ2) is 8.75. The molecule has 7 heteroatoms. The molecule has 1 unspecified atom stereocenters. The second-order valence-electron chi connectivity index (χ2n) is 7.74. The predicted octanol–water partition coefficient (Wildman–Crippen LogP) is 2.65. The molecule has 1 aliphatic rings. The minimum Gasteiger partial charge on any atom is -0.303 e. The van der Waals surface area contributed by atoms with Crippen LogP contribution >= 0.6 is 0 Å². The van der Waals surface area contributed by atoms with E-state index < -0.39 is 0 Å². The molecule has 0 spiro atoms. The van der Waals surface area contributed by atoms with Crippen LogP contribution in [0.3, 0.4) is 0 Å². The molecule has 0 saturated carbocycles. The van der Waals surface area contributed by atoms with Crippen molar-refractivity contribution in [3.63, 3.8) is 0 Å². The van der Waals surface area contributed by atoms with Gasteiger partial charge in [-0.15, -0.1) is 5.10 Å². The second-order valence-corrected chi connectivity index (χ2v) is 7.74. The van der Waals surface area contributed by atoms with Gasteiger partial charge in [-0.25, -0.2) is 13.9 Å². The number of nitrogens with zero attached hydrogens (tertiary/aromatic N) is 6. The van der Waals surface area contributed by atoms with Crippen molar-refractivity contribution in [1.29, 1.82) is 0 Å². The first kappa shape index (κ1) is 19.0. The van der Waals surface area contributed by atoms with Crippen LogP contribution in [0, 0.1) is 11.7 Å². The Bertz CT molecular complexity index is 878. The Hall–Kier alpha value is -2.38. The van der Waals surface area contributed by atoms with E-state index in [1.165, 1.54) is 12.8 Å². The molecule has 2 aromatic heterocycles. The normalized spacial score (nSPS) is 18.2. The molecule has 0 aliphatic carbocycles. The first-order chi connectivity index (χ1) is 13.7. The van der Waals surface area contributed by atoms with Gasteiger partial charge in [-0.05, 0) is 56.5 Å². The van der Waals surface area contributed by atoms with Crippen molar-refractivity contribution in [1.82, 2.24) is 29.4 Å². The monoisotopic (exact) mass is 382 g/mol. The predicted molar refractivity (Wildman–Crippen MR) is 106 cm³/mol. The minimum absolute atomic E-state index is 0.0924. The van der Waals surface area contributed by atoms with E-state index in [0.717, 1.165) is 50.5 Å². The summed E-state index contributed by atoms with van der Waals surface area (Å²) in [5.74, 6) is 1.97. The van der Waals surface area contributed by atoms with Gasteiger partial charge in [0.1, 0.15) is 5.82 Å². The summed E-state index contributed by atoms with van der Waals surface area (Å²) in [6.45, 7) is 4.82. The topological polar surface area (TPSA) is 49.6 Å². The highest BCUT2D eigenvalue weighted by molar-refractivity contribution is 5.24. The molecule has 0 amide bonds. The molecular formula is C21H27FN6. The standard InChI is InChI=1S/C21H27FN6/c1-26(16-20-24-21-23-10-5-12-28(21)25-20)14-17-6-4-11-27(15-17)13-9-18-7-2-3-8-19(18)22/h2-3,5,7-8,10,12,17H,4,6,9,11,13-16H2,1H3. The van der Waals surface area contributed by atoms with Gasteiger partial charge in [-0.2, -0.15) is 4.98 Å². The van der Waals surface area contributed by atoms with Gasteiger partial charge in [0, 0.05) is 32.0 Å². The third-order valence-electron chi connectivity index (χ3n) is 5.40. The van der Waals surface area contributed by atoms with E-state index in [1.807, 2.05) is 24.4 Å². The number of piperidine rings is 1. The van der Waals surface area contributed by atoms with Crippen LogP contribution in [0.15, 0.2) is 42.7 Å². The van der Waals surface area contributed by atoms with Crippen molar-refractivity contribution in [3.8, 4) is 0 Å². The average molecular weight is 382 g/mol. The van der Waals surface area contributed by atoms with Crippen molar-refractivity contribution in [2.75, 3.05) is 33.2 Å². The lowest BCUT2D eigenvalue weighted by Gasteiger charge is -2.34. The lowest BCUT2D eigenvalue weighted by atomic mass is 9.97. The maximum absolute atomic E-state index is 13.8. The van der Waals surface area contributed by atoms with Crippen LogP contribution in [-0.4, -0.2) is 62.6 Å². The van der Waals surface area contributed by atoms with E-state index in [9.17, 15) is 4.39 Å². The van der Waals surface area contributed by atoms with Crippen LogP contribution in [0.1, 0.15) is 24.2 Å². The van der Waals surface area contributed by atoms with E-state index in [4.69, 9.17) is 0 Å². The van der Waals surface area contributed by atoms with Crippen LogP contribution < -0.4 is 0 Å². The summed E-state index contributed by atoms with van der Waals surface area (Å²) < 4.78 is 15.5. The summed E-state index contributed by atoms with van der Waals surface area (Å²) in [5, 5.41) is 4.49. The quantitative estimate of drug-likeness (QED) is 0.629. The molecule has 1 aliphatic heterocycles. The molecule has 1 atom stereocenters. The van der Waals surface area contributed by atoms with E-state index in [0.29, 0.717) is 11.7 Å². The molecule has 1 saturated heterocycles. The number of hydrogen-bond acceptors (Lipinski definition) is 5. The lowest BCUT2D eigenvalue weighted by Crippen LogP contribution is -2.41. The molecule has 1 fully saturated rings. The van der Waals surface area contributed by atoms with Gasteiger partial charge in [0.05, 0.1) is 6.54 Å². The molecule has 1 aromatic carbocycles. The van der Waals surface area contributed by atoms with Gasteiger partial charge in [0.2, 0.25) is 0 Å². The Kier molecular flexibility index (Phi) is 5.92. The SMILES string of the molecule is CN(Cc1nc2ncccn2n1)CC1CCCN(CCc2ccccc2F)C1. The average Bonchev–Trinajstić information content (AvgIpc) is 3.09. The molecule has 0 N–H and O–H groups in total. The van der Waals surface area contributed by atoms with Crippen molar-refractivity contribution in [3.05, 3.63) is 59.9 Å². The summed E-state index contributed by atoms with van der Waals surface area (Å²) in [7, 11) is 2.12. The van der Waals surface area contributed by atoms with Gasteiger partial charge >= 0.3 is 0 Å². The van der Waals surface area contributed by atoms with E-state index in [2.05, 4.69) is 31.9 Å². The van der Waals surface area contributed by atoms with Crippen molar-refractivity contribution < 1.29 is 4.39 Å². The van der Waals surface area contributed by atoms with E-state index in [-0.39, 0.29) is 5.82 Å². The van der Waals surface area contributed by atoms with Crippen LogP contribution in [-0.2, 0) is 13.0 Å². The highest BCUT2D eigenvalue weighted by Crippen LogP contribution is 2.19. The fraction of sp³-hybridized carbons (Fsp3) is 0.476.